The Balaban J connectivity index is 1.72. The summed E-state index contributed by atoms with van der Waals surface area (Å²) < 4.78 is 1.46. The third-order valence-electron chi connectivity index (χ3n) is 4.97. The summed E-state index contributed by atoms with van der Waals surface area (Å²) in [6.45, 7) is 9.41. The van der Waals surface area contributed by atoms with Crippen LogP contribution in [0.25, 0.3) is 10.1 Å². The molecule has 112 valence electrons. The van der Waals surface area contributed by atoms with E-state index in [1.54, 1.807) is 0 Å². The summed E-state index contributed by atoms with van der Waals surface area (Å²) in [6.07, 6.45) is 0. The van der Waals surface area contributed by atoms with Crippen molar-refractivity contribution in [2.24, 2.45) is 0 Å². The Labute approximate surface area is 130 Å². The van der Waals surface area contributed by atoms with E-state index in [1.165, 1.54) is 48.4 Å². The van der Waals surface area contributed by atoms with E-state index in [9.17, 15) is 0 Å². The molecule has 0 radical (unpaired) electrons. The molecule has 5 rings (SSSR count). The molecular weight excluding hydrogens is 278 g/mol. The van der Waals surface area contributed by atoms with Crippen molar-refractivity contribution < 1.29 is 0 Å². The van der Waals surface area contributed by atoms with Crippen LogP contribution in [-0.2, 0) is 0 Å². The van der Waals surface area contributed by atoms with Crippen molar-refractivity contribution in [3.8, 4) is 0 Å². The molecule has 3 nitrogen and oxygen atoms in total. The van der Waals surface area contributed by atoms with Crippen molar-refractivity contribution in [3.63, 3.8) is 0 Å². The van der Waals surface area contributed by atoms with Crippen LogP contribution in [0.4, 0.5) is 0 Å². The third kappa shape index (κ3) is 2.40. The number of rotatable bonds is 4. The second-order valence-electron chi connectivity index (χ2n) is 6.13. The molecule has 0 saturated carbocycles. The van der Waals surface area contributed by atoms with Crippen LogP contribution in [0.5, 0.6) is 0 Å². The van der Waals surface area contributed by atoms with Crippen LogP contribution in [0.1, 0.15) is 18.5 Å². The number of thiophene rings is 1. The van der Waals surface area contributed by atoms with Crippen molar-refractivity contribution in [2.45, 2.75) is 19.0 Å². The first-order valence-corrected chi connectivity index (χ1v) is 8.90. The van der Waals surface area contributed by atoms with Gasteiger partial charge in [0.05, 0.1) is 6.04 Å². The van der Waals surface area contributed by atoms with Crippen molar-refractivity contribution in [2.75, 3.05) is 39.3 Å². The van der Waals surface area contributed by atoms with Crippen LogP contribution in [0.2, 0.25) is 0 Å². The van der Waals surface area contributed by atoms with Gasteiger partial charge in [-0.25, -0.2) is 0 Å². The zero-order valence-electron chi connectivity index (χ0n) is 12.6. The lowest BCUT2D eigenvalue weighted by Gasteiger charge is -2.50. The summed E-state index contributed by atoms with van der Waals surface area (Å²) in [5.74, 6) is 0. The maximum Gasteiger partial charge on any atom is 0.0504 e. The minimum Gasteiger partial charge on any atom is -0.309 e. The monoisotopic (exact) mass is 301 g/mol. The molecule has 1 aromatic carbocycles. The van der Waals surface area contributed by atoms with Crippen molar-refractivity contribution in [1.82, 2.24) is 15.1 Å². The molecule has 2 atom stereocenters. The fourth-order valence-corrected chi connectivity index (χ4v) is 4.86. The molecule has 0 spiro atoms. The highest BCUT2D eigenvalue weighted by atomic mass is 32.1. The number of hydrogen-bond donors (Lipinski definition) is 1. The number of nitrogens with zero attached hydrogens (tertiary/aromatic N) is 2. The molecule has 2 bridgehead atoms. The normalized spacial score (nSPS) is 29.9. The molecular formula is C17H23N3S. The van der Waals surface area contributed by atoms with Gasteiger partial charge in [0.25, 0.3) is 0 Å². The van der Waals surface area contributed by atoms with E-state index in [-0.39, 0.29) is 0 Å². The Kier molecular flexibility index (Phi) is 3.71. The number of fused-ring (bicyclic) bond motifs is 4. The minimum absolute atomic E-state index is 0.445. The van der Waals surface area contributed by atoms with Gasteiger partial charge >= 0.3 is 0 Å². The first-order chi connectivity index (χ1) is 10.4. The van der Waals surface area contributed by atoms with Crippen LogP contribution in [0.3, 0.4) is 0 Å². The summed E-state index contributed by atoms with van der Waals surface area (Å²) in [5, 5.41) is 7.38. The van der Waals surface area contributed by atoms with Crippen molar-refractivity contribution in [1.29, 1.82) is 0 Å². The van der Waals surface area contributed by atoms with Gasteiger partial charge < -0.3 is 5.32 Å². The minimum atomic E-state index is 0.445. The lowest BCUT2D eigenvalue weighted by molar-refractivity contribution is -0.00319. The Morgan fingerprint density at radius 2 is 2.10 bits per heavy atom. The second kappa shape index (κ2) is 5.69. The van der Waals surface area contributed by atoms with E-state index >= 15 is 0 Å². The molecule has 0 amide bonds. The number of hydrogen-bond acceptors (Lipinski definition) is 4. The Hall–Kier alpha value is -0.940. The summed E-state index contributed by atoms with van der Waals surface area (Å²) in [7, 11) is 0. The van der Waals surface area contributed by atoms with Gasteiger partial charge in [-0.05, 0) is 28.9 Å². The molecule has 1 aromatic heterocycles. The van der Waals surface area contributed by atoms with E-state index in [0.717, 1.165) is 6.54 Å². The predicted octanol–water partition coefficient (Wildman–Crippen LogP) is 2.55. The SMILES string of the molecule is CCNC(c1cccc2ccsc12)C1CN2CCN1CC2. The fourth-order valence-electron chi connectivity index (χ4n) is 3.91. The first-order valence-electron chi connectivity index (χ1n) is 8.02. The van der Waals surface area contributed by atoms with Gasteiger partial charge in [0.2, 0.25) is 0 Å². The average molecular weight is 301 g/mol. The smallest absolute Gasteiger partial charge is 0.0504 e. The van der Waals surface area contributed by atoms with E-state index in [2.05, 4.69) is 51.7 Å². The Morgan fingerprint density at radius 1 is 1.24 bits per heavy atom. The topological polar surface area (TPSA) is 18.5 Å². The van der Waals surface area contributed by atoms with Crippen molar-refractivity contribution in [3.05, 3.63) is 35.2 Å². The highest BCUT2D eigenvalue weighted by Gasteiger charge is 2.37. The van der Waals surface area contributed by atoms with E-state index in [1.807, 2.05) is 11.3 Å². The van der Waals surface area contributed by atoms with E-state index < -0.39 is 0 Å². The lowest BCUT2D eigenvalue weighted by atomic mass is 9.93. The zero-order chi connectivity index (χ0) is 14.2. The molecule has 3 aliphatic rings. The summed E-state index contributed by atoms with van der Waals surface area (Å²) >= 11 is 1.88. The van der Waals surface area contributed by atoms with Crippen LogP contribution in [-0.4, -0.2) is 55.1 Å². The molecule has 3 saturated heterocycles. The number of nitrogens with one attached hydrogen (secondary N) is 1. The fraction of sp³-hybridized carbons (Fsp3) is 0.529. The van der Waals surface area contributed by atoms with Crippen molar-refractivity contribution >= 4 is 21.4 Å². The maximum atomic E-state index is 3.77. The number of likely N-dealkylation sites (N-methyl/N-ethyl adjacent to an activating group) is 1. The average Bonchev–Trinajstić information content (AvgIpc) is 3.02. The van der Waals surface area contributed by atoms with E-state index in [0.29, 0.717) is 12.1 Å². The quantitative estimate of drug-likeness (QED) is 0.936. The zero-order valence-corrected chi connectivity index (χ0v) is 13.4. The van der Waals surface area contributed by atoms with Gasteiger partial charge in [-0.3, -0.25) is 9.80 Å². The van der Waals surface area contributed by atoms with Gasteiger partial charge in [-0.1, -0.05) is 25.1 Å². The van der Waals surface area contributed by atoms with Crippen LogP contribution in [0.15, 0.2) is 29.6 Å². The predicted molar refractivity (Wildman–Crippen MR) is 90.0 cm³/mol. The highest BCUT2D eigenvalue weighted by Crippen LogP contribution is 2.34. The van der Waals surface area contributed by atoms with Crippen LogP contribution >= 0.6 is 11.3 Å². The maximum absolute atomic E-state index is 3.77. The molecule has 1 N–H and O–H groups in total. The highest BCUT2D eigenvalue weighted by molar-refractivity contribution is 7.17. The molecule has 2 aromatic rings. The molecule has 4 heteroatoms. The third-order valence-corrected chi connectivity index (χ3v) is 5.95. The molecule has 0 aliphatic carbocycles. The Morgan fingerprint density at radius 3 is 2.81 bits per heavy atom. The molecule has 4 heterocycles. The second-order valence-corrected chi connectivity index (χ2v) is 7.04. The van der Waals surface area contributed by atoms with E-state index in [4.69, 9.17) is 0 Å². The van der Waals surface area contributed by atoms with Crippen LogP contribution < -0.4 is 5.32 Å². The molecule has 3 fully saturated rings. The number of benzene rings is 1. The van der Waals surface area contributed by atoms with Crippen LogP contribution in [0, 0.1) is 0 Å². The summed E-state index contributed by atoms with van der Waals surface area (Å²) in [6, 6.07) is 10.1. The van der Waals surface area contributed by atoms with Gasteiger partial charge in [0.15, 0.2) is 0 Å². The summed E-state index contributed by atoms with van der Waals surface area (Å²) in [5.41, 5.74) is 1.49. The molecule has 21 heavy (non-hydrogen) atoms. The first kappa shape index (κ1) is 13.7. The lowest BCUT2D eigenvalue weighted by Crippen LogP contribution is -2.63. The number of piperazine rings is 3. The summed E-state index contributed by atoms with van der Waals surface area (Å²) in [4.78, 5) is 5.32. The molecule has 2 unspecified atom stereocenters. The standard InChI is InChI=1S/C17H23N3S/c1-2-18-16(15-12-19-7-9-20(15)10-8-19)14-5-3-4-13-6-11-21-17(13)14/h3-6,11,15-16,18H,2,7-10,12H2,1H3. The largest absolute Gasteiger partial charge is 0.309 e. The van der Waals surface area contributed by atoms with Gasteiger partial charge in [0.1, 0.15) is 0 Å². The van der Waals surface area contributed by atoms with Gasteiger partial charge in [0, 0.05) is 43.5 Å². The Bertz CT molecular complexity index is 615. The molecule has 3 aliphatic heterocycles. The van der Waals surface area contributed by atoms with Gasteiger partial charge in [-0.2, -0.15) is 0 Å². The van der Waals surface area contributed by atoms with Gasteiger partial charge in [-0.15, -0.1) is 11.3 Å².